The van der Waals surface area contributed by atoms with Crippen LogP contribution in [0, 0.1) is 0 Å². The van der Waals surface area contributed by atoms with Crippen LogP contribution in [-0.2, 0) is 37.9 Å². The molecule has 0 aromatic heterocycles. The number of hydrogen-bond acceptors (Lipinski definition) is 14. The van der Waals surface area contributed by atoms with E-state index in [4.69, 9.17) is 50.4 Å². The molecule has 0 aliphatic carbocycles. The zero-order valence-electron chi connectivity index (χ0n) is 27.2. The lowest BCUT2D eigenvalue weighted by Crippen LogP contribution is -2.34. The van der Waals surface area contributed by atoms with Crippen LogP contribution >= 0.6 is 0 Å². The molecule has 7 N–H and O–H groups in total. The summed E-state index contributed by atoms with van der Waals surface area (Å²) in [4.78, 5) is 33.2. The largest absolute Gasteiger partial charge is 0.519 e. The van der Waals surface area contributed by atoms with E-state index < -0.39 is 35.2 Å². The maximum absolute atomic E-state index is 11.2. The Morgan fingerprint density at radius 1 is 0.500 bits per heavy atom. The molecule has 0 atom stereocenters. The number of rotatable bonds is 15. The molecule has 0 saturated heterocycles. The minimum absolute atomic E-state index is 0.422. The van der Waals surface area contributed by atoms with Crippen LogP contribution in [0.25, 0.3) is 0 Å². The van der Waals surface area contributed by atoms with Crippen molar-refractivity contribution in [1.29, 1.82) is 0 Å². The molecule has 0 bridgehead atoms. The lowest BCUT2D eigenvalue weighted by Gasteiger charge is -2.20. The summed E-state index contributed by atoms with van der Waals surface area (Å²) < 4.78 is 39.3. The van der Waals surface area contributed by atoms with Crippen molar-refractivity contribution in [3.05, 3.63) is 0 Å². The van der Waals surface area contributed by atoms with E-state index in [1.165, 1.54) is 0 Å². The predicted molar refractivity (Wildman–Crippen MR) is 158 cm³/mol. The lowest BCUT2D eigenvalue weighted by molar-refractivity contribution is -0.0294. The number of nitrogens with two attached hydrogens (primary N) is 3. The molecule has 15 nitrogen and oxygen atoms in total. The molecule has 0 saturated carbocycles. The van der Waals surface area contributed by atoms with E-state index in [0.717, 1.165) is 0 Å². The molecule has 0 rings (SSSR count). The van der Waals surface area contributed by atoms with Gasteiger partial charge in [-0.15, -0.1) is 0 Å². The highest BCUT2D eigenvalue weighted by molar-refractivity contribution is 5.77. The quantitative estimate of drug-likeness (QED) is 0.0901. The van der Waals surface area contributed by atoms with E-state index >= 15 is 0 Å². The van der Waals surface area contributed by atoms with Gasteiger partial charge in [0.15, 0.2) is 0 Å². The number of ether oxygens (including phenoxy) is 8. The van der Waals surface area contributed by atoms with Crippen molar-refractivity contribution < 1.29 is 52.3 Å². The van der Waals surface area contributed by atoms with E-state index in [2.05, 4.69) is 10.1 Å². The molecule has 0 aliphatic rings. The van der Waals surface area contributed by atoms with E-state index in [-0.39, 0.29) is 0 Å². The first-order chi connectivity index (χ1) is 19.4. The maximum atomic E-state index is 11.2. The highest BCUT2D eigenvalue weighted by atomic mass is 16.8. The normalized spacial score (nSPS) is 11.2. The van der Waals surface area contributed by atoms with E-state index in [1.807, 2.05) is 20.8 Å². The Labute approximate surface area is 251 Å². The van der Waals surface area contributed by atoms with Crippen molar-refractivity contribution in [2.24, 2.45) is 17.2 Å². The van der Waals surface area contributed by atoms with Crippen molar-refractivity contribution in [2.75, 3.05) is 79.0 Å². The van der Waals surface area contributed by atoms with Crippen molar-refractivity contribution in [3.8, 4) is 0 Å². The molecular weight excluding hydrogens is 556 g/mol. The zero-order valence-corrected chi connectivity index (χ0v) is 27.2. The van der Waals surface area contributed by atoms with Crippen LogP contribution < -0.4 is 22.5 Å². The summed E-state index contributed by atoms with van der Waals surface area (Å²) >= 11 is 0. The second-order valence-electron chi connectivity index (χ2n) is 11.3. The van der Waals surface area contributed by atoms with Gasteiger partial charge in [0.25, 0.3) is 0 Å². The molecule has 0 aromatic carbocycles. The first kappa shape index (κ1) is 44.2. The molecule has 42 heavy (non-hydrogen) atoms. The SMILES string of the molecule is CC(C)(C)OC(=O)NCCOCCOCCN.CC(C)(C)OC(=O)OC(=O)OC(C)(C)C.NCCOCCOCCN. The van der Waals surface area contributed by atoms with Gasteiger partial charge < -0.3 is 60.4 Å². The molecule has 1 amide bonds. The summed E-state index contributed by atoms with van der Waals surface area (Å²) in [5.41, 5.74) is 13.8. The average molecular weight is 615 g/mol. The van der Waals surface area contributed by atoms with Crippen molar-refractivity contribution in [2.45, 2.75) is 79.1 Å². The van der Waals surface area contributed by atoms with Crippen LogP contribution in [-0.4, -0.2) is 114 Å². The first-order valence-corrected chi connectivity index (χ1v) is 13.9. The summed E-state index contributed by atoms with van der Waals surface area (Å²) in [7, 11) is 0. The monoisotopic (exact) mass is 614 g/mol. The third-order valence-electron chi connectivity index (χ3n) is 3.39. The Morgan fingerprint density at radius 3 is 1.10 bits per heavy atom. The number of carbonyl (C=O) groups excluding carboxylic acids is 3. The number of carbonyl (C=O) groups is 3. The molecule has 0 radical (unpaired) electrons. The second-order valence-corrected chi connectivity index (χ2v) is 11.3. The van der Waals surface area contributed by atoms with Gasteiger partial charge in [0.1, 0.15) is 16.8 Å². The van der Waals surface area contributed by atoms with Crippen LogP contribution in [0.15, 0.2) is 0 Å². The average Bonchev–Trinajstić information content (AvgIpc) is 2.80. The molecule has 0 aliphatic heterocycles. The molecule has 0 unspecified atom stereocenters. The van der Waals surface area contributed by atoms with E-state index in [0.29, 0.717) is 79.0 Å². The van der Waals surface area contributed by atoms with Crippen molar-refractivity contribution in [3.63, 3.8) is 0 Å². The smallest absolute Gasteiger partial charge is 0.444 e. The van der Waals surface area contributed by atoms with Crippen LogP contribution in [0.3, 0.4) is 0 Å². The van der Waals surface area contributed by atoms with Crippen LogP contribution in [0.4, 0.5) is 14.4 Å². The van der Waals surface area contributed by atoms with E-state index in [9.17, 15) is 14.4 Å². The molecule has 0 spiro atoms. The van der Waals surface area contributed by atoms with Crippen molar-refractivity contribution >= 4 is 18.4 Å². The van der Waals surface area contributed by atoms with Gasteiger partial charge in [-0.05, 0) is 62.3 Å². The minimum Gasteiger partial charge on any atom is -0.444 e. The van der Waals surface area contributed by atoms with Gasteiger partial charge in [-0.2, -0.15) is 0 Å². The fraction of sp³-hybridized carbons (Fsp3) is 0.889. The molecule has 15 heteroatoms. The lowest BCUT2D eigenvalue weighted by atomic mass is 10.2. The molecular formula is C27H58N4O11. The highest BCUT2D eigenvalue weighted by Gasteiger charge is 2.24. The molecule has 0 aromatic rings. The number of nitrogens with one attached hydrogen (secondary N) is 1. The predicted octanol–water partition coefficient (Wildman–Crippen LogP) is 2.31. The summed E-state index contributed by atoms with van der Waals surface area (Å²) in [6, 6.07) is 0. The maximum Gasteiger partial charge on any atom is 0.519 e. The highest BCUT2D eigenvalue weighted by Crippen LogP contribution is 2.11. The standard InChI is InChI=1S/C11H24N2O4.C10H18O5.C6H16N2O2/c1-11(2,3)17-10(14)13-5-7-16-9-8-15-6-4-12;1-9(2,3)14-7(11)13-8(12)15-10(4,5)6;7-1-3-9-5-6-10-4-2-8/h4-9,12H2,1-3H3,(H,13,14);1-6H3;1-8H2. The van der Waals surface area contributed by atoms with Gasteiger partial charge in [-0.25, -0.2) is 14.4 Å². The van der Waals surface area contributed by atoms with Gasteiger partial charge >= 0.3 is 18.4 Å². The topological polar surface area (TPSA) is 215 Å². The summed E-state index contributed by atoms with van der Waals surface area (Å²) in [5, 5.41) is 2.59. The number of amides is 1. The Bertz CT molecular complexity index is 642. The number of alkyl carbamates (subject to hydrolysis) is 1. The van der Waals surface area contributed by atoms with Crippen LogP contribution in [0.5, 0.6) is 0 Å². The summed E-state index contributed by atoms with van der Waals surface area (Å²) in [6.07, 6.45) is -2.55. The fourth-order valence-electron chi connectivity index (χ4n) is 2.04. The van der Waals surface area contributed by atoms with Gasteiger partial charge in [0.05, 0.1) is 52.9 Å². The van der Waals surface area contributed by atoms with Gasteiger partial charge in [-0.1, -0.05) is 0 Å². The molecule has 0 heterocycles. The Morgan fingerprint density at radius 2 is 0.810 bits per heavy atom. The van der Waals surface area contributed by atoms with E-state index in [1.54, 1.807) is 41.5 Å². The summed E-state index contributed by atoms with van der Waals surface area (Å²) in [5.74, 6) is 0. The van der Waals surface area contributed by atoms with Gasteiger partial charge in [0.2, 0.25) is 0 Å². The Kier molecular flexibility index (Phi) is 27.7. The second kappa shape index (κ2) is 26.4. The Balaban J connectivity index is -0.000000562. The third-order valence-corrected chi connectivity index (χ3v) is 3.39. The van der Waals surface area contributed by atoms with Crippen LogP contribution in [0.1, 0.15) is 62.3 Å². The molecule has 0 fully saturated rings. The zero-order chi connectivity index (χ0) is 33.1. The first-order valence-electron chi connectivity index (χ1n) is 13.9. The number of hydrogen-bond donors (Lipinski definition) is 4. The minimum atomic E-state index is -1.06. The summed E-state index contributed by atoms with van der Waals surface area (Å²) in [6.45, 7) is 22.0. The third kappa shape index (κ3) is 44.7. The van der Waals surface area contributed by atoms with Crippen molar-refractivity contribution in [1.82, 2.24) is 5.32 Å². The fourth-order valence-corrected chi connectivity index (χ4v) is 2.04. The van der Waals surface area contributed by atoms with Gasteiger partial charge in [-0.3, -0.25) is 0 Å². The van der Waals surface area contributed by atoms with Gasteiger partial charge in [0, 0.05) is 26.2 Å². The van der Waals surface area contributed by atoms with Crippen LogP contribution in [0.2, 0.25) is 0 Å². The Hall–Kier alpha value is -2.27. The molecule has 252 valence electrons.